The number of carbonyl (C=O) groups is 1. The normalized spacial score (nSPS) is 16.8. The number of oxazole rings is 1. The van der Waals surface area contributed by atoms with E-state index in [9.17, 15) is 4.79 Å². The SMILES string of the molecule is Cc1ccc2oc(N3CCN(C(=O)CCC(C)N)CC3)nc2c1. The molecule has 1 aromatic carbocycles. The third kappa shape index (κ3) is 3.64. The Labute approximate surface area is 136 Å². The zero-order valence-electron chi connectivity index (χ0n) is 13.8. The van der Waals surface area contributed by atoms with Crippen LogP contribution in [-0.4, -0.2) is 48.0 Å². The van der Waals surface area contributed by atoms with Crippen LogP contribution in [0.2, 0.25) is 0 Å². The predicted molar refractivity (Wildman–Crippen MR) is 90.4 cm³/mol. The number of hydrogen-bond acceptors (Lipinski definition) is 5. The Morgan fingerprint density at radius 2 is 2.09 bits per heavy atom. The maximum atomic E-state index is 12.1. The van der Waals surface area contributed by atoms with E-state index < -0.39 is 0 Å². The van der Waals surface area contributed by atoms with E-state index in [1.807, 2.05) is 36.9 Å². The first kappa shape index (κ1) is 15.8. The zero-order valence-corrected chi connectivity index (χ0v) is 13.8. The minimum atomic E-state index is 0.0726. The molecule has 1 amide bonds. The average molecular weight is 316 g/mol. The van der Waals surface area contributed by atoms with Crippen LogP contribution in [0.25, 0.3) is 11.1 Å². The summed E-state index contributed by atoms with van der Waals surface area (Å²) in [5, 5.41) is 0. The molecule has 1 aliphatic heterocycles. The van der Waals surface area contributed by atoms with E-state index in [0.717, 1.165) is 30.6 Å². The number of aryl methyl sites for hydroxylation is 1. The van der Waals surface area contributed by atoms with Gasteiger partial charge in [-0.2, -0.15) is 4.98 Å². The second kappa shape index (κ2) is 6.58. The summed E-state index contributed by atoms with van der Waals surface area (Å²) in [5.41, 5.74) is 8.58. The molecule has 0 spiro atoms. The van der Waals surface area contributed by atoms with Crippen molar-refractivity contribution in [3.05, 3.63) is 23.8 Å². The minimum Gasteiger partial charge on any atom is -0.423 e. The van der Waals surface area contributed by atoms with E-state index in [0.29, 0.717) is 25.5 Å². The molecule has 0 bridgehead atoms. The second-order valence-corrected chi connectivity index (χ2v) is 6.35. The molecular formula is C17H24N4O2. The molecule has 1 fully saturated rings. The number of hydrogen-bond donors (Lipinski definition) is 1. The second-order valence-electron chi connectivity index (χ2n) is 6.35. The molecule has 0 saturated carbocycles. The average Bonchev–Trinajstić information content (AvgIpc) is 2.95. The highest BCUT2D eigenvalue weighted by molar-refractivity contribution is 5.77. The van der Waals surface area contributed by atoms with E-state index >= 15 is 0 Å². The van der Waals surface area contributed by atoms with Crippen LogP contribution in [-0.2, 0) is 4.79 Å². The van der Waals surface area contributed by atoms with Crippen LogP contribution in [0.15, 0.2) is 22.6 Å². The standard InChI is InChI=1S/C17H24N4O2/c1-12-3-5-15-14(11-12)19-17(23-15)21-9-7-20(8-10-21)16(22)6-4-13(2)18/h3,5,11,13H,4,6-10,18H2,1-2H3. The molecule has 124 valence electrons. The number of rotatable bonds is 4. The van der Waals surface area contributed by atoms with Crippen molar-refractivity contribution in [2.75, 3.05) is 31.1 Å². The summed E-state index contributed by atoms with van der Waals surface area (Å²) in [6, 6.07) is 6.72. The molecule has 1 aliphatic rings. The number of nitrogens with zero attached hydrogens (tertiary/aromatic N) is 3. The van der Waals surface area contributed by atoms with Crippen LogP contribution in [0.5, 0.6) is 0 Å². The molecule has 23 heavy (non-hydrogen) atoms. The van der Waals surface area contributed by atoms with Crippen LogP contribution in [0.4, 0.5) is 6.01 Å². The monoisotopic (exact) mass is 316 g/mol. The summed E-state index contributed by atoms with van der Waals surface area (Å²) in [6.07, 6.45) is 1.27. The van der Waals surface area contributed by atoms with Gasteiger partial charge in [0.25, 0.3) is 6.01 Å². The highest BCUT2D eigenvalue weighted by Gasteiger charge is 2.23. The summed E-state index contributed by atoms with van der Waals surface area (Å²) >= 11 is 0. The minimum absolute atomic E-state index is 0.0726. The molecule has 1 unspecified atom stereocenters. The van der Waals surface area contributed by atoms with Crippen molar-refractivity contribution in [3.63, 3.8) is 0 Å². The van der Waals surface area contributed by atoms with Crippen molar-refractivity contribution in [3.8, 4) is 0 Å². The first-order valence-corrected chi connectivity index (χ1v) is 8.18. The first-order chi connectivity index (χ1) is 11.0. The van der Waals surface area contributed by atoms with Crippen LogP contribution in [0.1, 0.15) is 25.3 Å². The Balaban J connectivity index is 1.60. The molecule has 2 N–H and O–H groups in total. The molecule has 6 nitrogen and oxygen atoms in total. The third-order valence-electron chi connectivity index (χ3n) is 4.25. The molecule has 2 aromatic rings. The van der Waals surface area contributed by atoms with Gasteiger partial charge < -0.3 is 20.0 Å². The van der Waals surface area contributed by atoms with Gasteiger partial charge in [0.05, 0.1) is 0 Å². The van der Waals surface area contributed by atoms with Crippen molar-refractivity contribution < 1.29 is 9.21 Å². The van der Waals surface area contributed by atoms with Crippen molar-refractivity contribution in [1.82, 2.24) is 9.88 Å². The van der Waals surface area contributed by atoms with E-state index in [-0.39, 0.29) is 11.9 Å². The Morgan fingerprint density at radius 1 is 1.35 bits per heavy atom. The van der Waals surface area contributed by atoms with Gasteiger partial charge in [-0.05, 0) is 38.0 Å². The van der Waals surface area contributed by atoms with E-state index in [2.05, 4.69) is 9.88 Å². The molecule has 1 atom stereocenters. The number of amides is 1. The highest BCUT2D eigenvalue weighted by atomic mass is 16.4. The molecule has 0 aliphatic carbocycles. The lowest BCUT2D eigenvalue weighted by atomic mass is 10.1. The quantitative estimate of drug-likeness (QED) is 0.932. The number of piperazine rings is 1. The summed E-state index contributed by atoms with van der Waals surface area (Å²) in [6.45, 7) is 6.87. The van der Waals surface area contributed by atoms with Gasteiger partial charge in [-0.3, -0.25) is 4.79 Å². The number of nitrogens with two attached hydrogens (primary N) is 1. The Hall–Kier alpha value is -2.08. The fourth-order valence-electron chi connectivity index (χ4n) is 2.82. The Bertz CT molecular complexity index is 687. The lowest BCUT2D eigenvalue weighted by Gasteiger charge is -2.34. The summed E-state index contributed by atoms with van der Waals surface area (Å²) < 4.78 is 5.83. The molecular weight excluding hydrogens is 292 g/mol. The van der Waals surface area contributed by atoms with Crippen LogP contribution < -0.4 is 10.6 Å². The van der Waals surface area contributed by atoms with Crippen molar-refractivity contribution in [1.29, 1.82) is 0 Å². The zero-order chi connectivity index (χ0) is 16.4. The summed E-state index contributed by atoms with van der Waals surface area (Å²) in [7, 11) is 0. The number of carbonyl (C=O) groups excluding carboxylic acids is 1. The van der Waals surface area contributed by atoms with Gasteiger partial charge in [-0.15, -0.1) is 0 Å². The number of fused-ring (bicyclic) bond motifs is 1. The van der Waals surface area contributed by atoms with Gasteiger partial charge in [0.1, 0.15) is 5.52 Å². The van der Waals surface area contributed by atoms with Crippen molar-refractivity contribution >= 4 is 23.0 Å². The van der Waals surface area contributed by atoms with Crippen LogP contribution >= 0.6 is 0 Å². The van der Waals surface area contributed by atoms with E-state index in [1.165, 1.54) is 5.56 Å². The number of anilines is 1. The maximum Gasteiger partial charge on any atom is 0.298 e. The van der Waals surface area contributed by atoms with Gasteiger partial charge in [-0.25, -0.2) is 0 Å². The van der Waals surface area contributed by atoms with Crippen LogP contribution in [0, 0.1) is 6.92 Å². The molecule has 6 heteroatoms. The Morgan fingerprint density at radius 3 is 2.78 bits per heavy atom. The fourth-order valence-corrected chi connectivity index (χ4v) is 2.82. The highest BCUT2D eigenvalue weighted by Crippen LogP contribution is 2.23. The third-order valence-corrected chi connectivity index (χ3v) is 4.25. The van der Waals surface area contributed by atoms with Gasteiger partial charge in [-0.1, -0.05) is 6.07 Å². The van der Waals surface area contributed by atoms with E-state index in [4.69, 9.17) is 10.2 Å². The molecule has 1 aromatic heterocycles. The number of aromatic nitrogens is 1. The van der Waals surface area contributed by atoms with Gasteiger partial charge >= 0.3 is 0 Å². The number of benzene rings is 1. The van der Waals surface area contributed by atoms with Gasteiger partial charge in [0.15, 0.2) is 5.58 Å². The Kier molecular flexibility index (Phi) is 4.52. The summed E-state index contributed by atoms with van der Waals surface area (Å²) in [4.78, 5) is 20.7. The van der Waals surface area contributed by atoms with Crippen molar-refractivity contribution in [2.45, 2.75) is 32.7 Å². The summed E-state index contributed by atoms with van der Waals surface area (Å²) in [5.74, 6) is 0.190. The predicted octanol–water partition coefficient (Wildman–Crippen LogP) is 1.91. The van der Waals surface area contributed by atoms with Crippen LogP contribution in [0.3, 0.4) is 0 Å². The van der Waals surface area contributed by atoms with Crippen molar-refractivity contribution in [2.24, 2.45) is 5.73 Å². The lowest BCUT2D eigenvalue weighted by Crippen LogP contribution is -2.49. The molecule has 1 saturated heterocycles. The first-order valence-electron chi connectivity index (χ1n) is 8.18. The molecule has 2 heterocycles. The van der Waals surface area contributed by atoms with Gasteiger partial charge in [0, 0.05) is 38.6 Å². The molecule has 0 radical (unpaired) electrons. The molecule has 3 rings (SSSR count). The topological polar surface area (TPSA) is 75.6 Å². The van der Waals surface area contributed by atoms with Gasteiger partial charge in [0.2, 0.25) is 5.91 Å². The van der Waals surface area contributed by atoms with E-state index in [1.54, 1.807) is 0 Å². The lowest BCUT2D eigenvalue weighted by molar-refractivity contribution is -0.131. The maximum absolute atomic E-state index is 12.1. The fraction of sp³-hybridized carbons (Fsp3) is 0.529. The largest absolute Gasteiger partial charge is 0.423 e. The smallest absolute Gasteiger partial charge is 0.298 e.